The predicted octanol–water partition coefficient (Wildman–Crippen LogP) is 4.44. The predicted molar refractivity (Wildman–Crippen MR) is 115 cm³/mol. The molecule has 4 rings (SSSR count). The third-order valence-corrected chi connectivity index (χ3v) is 6.21. The first-order valence-electron chi connectivity index (χ1n) is 9.37. The average Bonchev–Trinajstić information content (AvgIpc) is 3.09. The van der Waals surface area contributed by atoms with Crippen LogP contribution in [0.15, 0.2) is 71.6 Å². The summed E-state index contributed by atoms with van der Waals surface area (Å²) in [5.41, 5.74) is 1.34. The number of rotatable bonds is 5. The van der Waals surface area contributed by atoms with Crippen molar-refractivity contribution in [3.8, 4) is 11.5 Å². The number of amides is 1. The summed E-state index contributed by atoms with van der Waals surface area (Å²) in [6.07, 6.45) is 0.234. The van der Waals surface area contributed by atoms with Crippen LogP contribution >= 0.6 is 11.6 Å². The largest absolute Gasteiger partial charge is 0.457 e. The van der Waals surface area contributed by atoms with Gasteiger partial charge in [-0.25, -0.2) is 17.9 Å². The molecule has 1 aliphatic rings. The molecule has 2 N–H and O–H groups in total. The second kappa shape index (κ2) is 8.30. The molecule has 1 aliphatic heterocycles. The number of sulfonamides is 1. The maximum Gasteiger partial charge on any atom is 0.238 e. The van der Waals surface area contributed by atoms with Crippen LogP contribution in [0.1, 0.15) is 17.9 Å². The number of nitrogens with two attached hydrogens (primary N) is 1. The van der Waals surface area contributed by atoms with Crippen molar-refractivity contribution >= 4 is 33.2 Å². The molecule has 6 nitrogen and oxygen atoms in total. The van der Waals surface area contributed by atoms with Gasteiger partial charge >= 0.3 is 0 Å². The van der Waals surface area contributed by atoms with Crippen molar-refractivity contribution in [2.75, 3.05) is 11.4 Å². The Morgan fingerprint density at radius 3 is 2.48 bits per heavy atom. The first-order chi connectivity index (χ1) is 14.7. The third kappa shape index (κ3) is 4.71. The van der Waals surface area contributed by atoms with Crippen LogP contribution in [0, 0.1) is 5.82 Å². The molecule has 1 heterocycles. The van der Waals surface area contributed by atoms with E-state index in [9.17, 15) is 17.6 Å². The molecule has 9 heteroatoms. The van der Waals surface area contributed by atoms with Gasteiger partial charge < -0.3 is 9.64 Å². The molecule has 0 saturated carbocycles. The summed E-state index contributed by atoms with van der Waals surface area (Å²) in [6, 6.07) is 16.7. The van der Waals surface area contributed by atoms with Gasteiger partial charge in [-0.2, -0.15) is 0 Å². The van der Waals surface area contributed by atoms with E-state index in [1.165, 1.54) is 24.3 Å². The zero-order valence-electron chi connectivity index (χ0n) is 16.2. The number of hydrogen-bond acceptors (Lipinski definition) is 4. The lowest BCUT2D eigenvalue weighted by Crippen LogP contribution is -2.24. The molecular weight excluding hydrogens is 443 g/mol. The standard InChI is InChI=1S/C22H18ClFN2O4S/c23-15-4-9-20(21(11-15)30-18-3-1-2-16(24)12-18)14-10-22(27)26(13-14)17-5-7-19(8-6-17)31(25,28)29/h1-9,11-12,14H,10,13H2,(H2,25,28,29)/t14-/m0/s1. The second-order valence-electron chi connectivity index (χ2n) is 7.19. The van der Waals surface area contributed by atoms with Crippen LogP contribution in [0.4, 0.5) is 10.1 Å². The third-order valence-electron chi connectivity index (χ3n) is 5.04. The van der Waals surface area contributed by atoms with Crippen LogP contribution in [0.25, 0.3) is 0 Å². The number of benzene rings is 3. The van der Waals surface area contributed by atoms with Crippen molar-refractivity contribution in [1.82, 2.24) is 0 Å². The van der Waals surface area contributed by atoms with E-state index in [2.05, 4.69) is 0 Å². The summed E-state index contributed by atoms with van der Waals surface area (Å²) in [5, 5.41) is 5.58. The number of anilines is 1. The van der Waals surface area contributed by atoms with E-state index in [1.807, 2.05) is 0 Å². The molecule has 1 amide bonds. The topological polar surface area (TPSA) is 89.7 Å². The fraction of sp³-hybridized carbons (Fsp3) is 0.136. The van der Waals surface area contributed by atoms with E-state index in [0.29, 0.717) is 28.8 Å². The summed E-state index contributed by atoms with van der Waals surface area (Å²) in [4.78, 5) is 14.2. The number of primary sulfonamides is 1. The SMILES string of the molecule is NS(=O)(=O)c1ccc(N2C[C@@H](c3ccc(Cl)cc3Oc3cccc(F)c3)CC2=O)cc1. The van der Waals surface area contributed by atoms with Crippen molar-refractivity contribution in [2.24, 2.45) is 5.14 Å². The van der Waals surface area contributed by atoms with Crippen LogP contribution in [-0.2, 0) is 14.8 Å². The summed E-state index contributed by atoms with van der Waals surface area (Å²) >= 11 is 6.14. The minimum atomic E-state index is -3.81. The highest BCUT2D eigenvalue weighted by Gasteiger charge is 2.33. The van der Waals surface area contributed by atoms with E-state index < -0.39 is 15.8 Å². The zero-order chi connectivity index (χ0) is 22.2. The Kier molecular flexibility index (Phi) is 5.70. The normalized spacial score (nSPS) is 16.5. The van der Waals surface area contributed by atoms with Gasteiger partial charge in [0.2, 0.25) is 15.9 Å². The molecule has 0 aliphatic carbocycles. The van der Waals surface area contributed by atoms with Crippen LogP contribution in [0.5, 0.6) is 11.5 Å². The van der Waals surface area contributed by atoms with Crippen molar-refractivity contribution in [1.29, 1.82) is 0 Å². The van der Waals surface area contributed by atoms with Gasteiger partial charge in [0.15, 0.2) is 0 Å². The number of hydrogen-bond donors (Lipinski definition) is 1. The van der Waals surface area contributed by atoms with Gasteiger partial charge in [-0.1, -0.05) is 23.7 Å². The minimum absolute atomic E-state index is 0.0251. The molecule has 3 aromatic carbocycles. The van der Waals surface area contributed by atoms with Gasteiger partial charge in [0.05, 0.1) is 4.90 Å². The van der Waals surface area contributed by atoms with Crippen LogP contribution in [-0.4, -0.2) is 20.9 Å². The summed E-state index contributed by atoms with van der Waals surface area (Å²) in [7, 11) is -3.81. The number of carbonyl (C=O) groups excluding carboxylic acids is 1. The maximum atomic E-state index is 13.5. The quantitative estimate of drug-likeness (QED) is 0.609. The molecule has 0 unspecified atom stereocenters. The minimum Gasteiger partial charge on any atom is -0.457 e. The fourth-order valence-electron chi connectivity index (χ4n) is 3.57. The highest BCUT2D eigenvalue weighted by atomic mass is 35.5. The Balaban J connectivity index is 1.60. The van der Waals surface area contributed by atoms with E-state index >= 15 is 0 Å². The molecule has 0 radical (unpaired) electrons. The summed E-state index contributed by atoms with van der Waals surface area (Å²) in [5.74, 6) is 0.0445. The lowest BCUT2D eigenvalue weighted by atomic mass is 9.97. The molecule has 0 bridgehead atoms. The summed E-state index contributed by atoms with van der Waals surface area (Å²) in [6.45, 7) is 0.370. The molecule has 160 valence electrons. The monoisotopic (exact) mass is 460 g/mol. The van der Waals surface area contributed by atoms with Crippen molar-refractivity contribution < 1.29 is 22.3 Å². The van der Waals surface area contributed by atoms with Gasteiger partial charge in [-0.3, -0.25) is 4.79 Å². The first kappa shape index (κ1) is 21.3. The Hall–Kier alpha value is -2.94. The Morgan fingerprint density at radius 2 is 1.81 bits per heavy atom. The van der Waals surface area contributed by atoms with E-state index in [1.54, 1.807) is 47.4 Å². The van der Waals surface area contributed by atoms with Gasteiger partial charge in [-0.15, -0.1) is 0 Å². The average molecular weight is 461 g/mol. The molecule has 0 aromatic heterocycles. The molecule has 1 saturated heterocycles. The van der Waals surface area contributed by atoms with Gasteiger partial charge in [-0.05, 0) is 48.5 Å². The molecule has 31 heavy (non-hydrogen) atoms. The van der Waals surface area contributed by atoms with Gasteiger partial charge in [0.25, 0.3) is 0 Å². The molecule has 0 spiro atoms. The zero-order valence-corrected chi connectivity index (χ0v) is 17.7. The summed E-state index contributed by atoms with van der Waals surface area (Å²) < 4.78 is 42.3. The molecule has 3 aromatic rings. The van der Waals surface area contributed by atoms with Crippen molar-refractivity contribution in [3.05, 3.63) is 83.1 Å². The number of halogens is 2. The number of ether oxygens (including phenoxy) is 1. The van der Waals surface area contributed by atoms with Crippen molar-refractivity contribution in [3.63, 3.8) is 0 Å². The maximum absolute atomic E-state index is 13.5. The second-order valence-corrected chi connectivity index (χ2v) is 9.18. The molecular formula is C22H18ClFN2O4S. The number of carbonyl (C=O) groups is 1. The Morgan fingerprint density at radius 1 is 1.06 bits per heavy atom. The Bertz CT molecular complexity index is 1250. The van der Waals surface area contributed by atoms with Crippen LogP contribution in [0.2, 0.25) is 5.02 Å². The lowest BCUT2D eigenvalue weighted by Gasteiger charge is -2.19. The van der Waals surface area contributed by atoms with Crippen LogP contribution < -0.4 is 14.8 Å². The van der Waals surface area contributed by atoms with Crippen LogP contribution in [0.3, 0.4) is 0 Å². The lowest BCUT2D eigenvalue weighted by molar-refractivity contribution is -0.117. The van der Waals surface area contributed by atoms with Gasteiger partial charge in [0.1, 0.15) is 17.3 Å². The highest BCUT2D eigenvalue weighted by Crippen LogP contribution is 2.39. The van der Waals surface area contributed by atoms with Gasteiger partial charge in [0, 0.05) is 41.2 Å². The van der Waals surface area contributed by atoms with Crippen molar-refractivity contribution in [2.45, 2.75) is 17.2 Å². The smallest absolute Gasteiger partial charge is 0.238 e. The fourth-order valence-corrected chi connectivity index (χ4v) is 4.25. The number of nitrogens with zero attached hydrogens (tertiary/aromatic N) is 1. The van der Waals surface area contributed by atoms with E-state index in [-0.39, 0.29) is 23.1 Å². The Labute approximate surface area is 184 Å². The van der Waals surface area contributed by atoms with E-state index in [4.69, 9.17) is 21.5 Å². The first-order valence-corrected chi connectivity index (χ1v) is 11.3. The molecule has 1 atom stereocenters. The highest BCUT2D eigenvalue weighted by molar-refractivity contribution is 7.89. The van der Waals surface area contributed by atoms with E-state index in [0.717, 1.165) is 5.56 Å². The molecule has 1 fully saturated rings.